The molecule has 0 spiro atoms. The Hall–Kier alpha value is -0.260. The van der Waals surface area contributed by atoms with Crippen molar-refractivity contribution in [1.29, 1.82) is 0 Å². The van der Waals surface area contributed by atoms with E-state index in [0.717, 1.165) is 17.8 Å². The Morgan fingerprint density at radius 3 is 2.00 bits per heavy atom. The molecule has 0 N–H and O–H groups in total. The standard InChI is InChI=1S/C20H36/c1-18-14-12-10-8-6-4-2-3-5-7-9-11-13-15-19-17-20(19)16-18/h5,7,18-20H,2-4,6,8-17H2,1H3/b7-5+. The van der Waals surface area contributed by atoms with Gasteiger partial charge in [0.05, 0.1) is 0 Å². The maximum Gasteiger partial charge on any atom is -0.0351 e. The molecule has 0 aromatic heterocycles. The maximum absolute atomic E-state index is 2.50. The van der Waals surface area contributed by atoms with Crippen LogP contribution in [0.2, 0.25) is 0 Å². The Morgan fingerprint density at radius 2 is 1.20 bits per heavy atom. The highest BCUT2D eigenvalue weighted by Crippen LogP contribution is 2.46. The van der Waals surface area contributed by atoms with Gasteiger partial charge in [-0.05, 0) is 56.3 Å². The summed E-state index contributed by atoms with van der Waals surface area (Å²) in [6.45, 7) is 2.50. The minimum atomic E-state index is 0.992. The van der Waals surface area contributed by atoms with Crippen molar-refractivity contribution in [3.63, 3.8) is 0 Å². The summed E-state index contributed by atoms with van der Waals surface area (Å²) in [7, 11) is 0. The van der Waals surface area contributed by atoms with Crippen molar-refractivity contribution in [3.05, 3.63) is 12.2 Å². The van der Waals surface area contributed by atoms with Gasteiger partial charge in [-0.1, -0.05) is 70.4 Å². The molecule has 0 aromatic carbocycles. The summed E-state index contributed by atoms with van der Waals surface area (Å²) < 4.78 is 0. The van der Waals surface area contributed by atoms with Gasteiger partial charge in [-0.15, -0.1) is 0 Å². The third-order valence-corrected chi connectivity index (χ3v) is 5.45. The molecule has 116 valence electrons. The van der Waals surface area contributed by atoms with Gasteiger partial charge in [-0.25, -0.2) is 0 Å². The summed E-state index contributed by atoms with van der Waals surface area (Å²) in [5.41, 5.74) is 0. The van der Waals surface area contributed by atoms with Crippen LogP contribution in [0.3, 0.4) is 0 Å². The van der Waals surface area contributed by atoms with Crippen molar-refractivity contribution in [2.24, 2.45) is 17.8 Å². The first-order valence-electron chi connectivity index (χ1n) is 9.51. The molecule has 0 saturated heterocycles. The van der Waals surface area contributed by atoms with Crippen molar-refractivity contribution >= 4 is 0 Å². The lowest BCUT2D eigenvalue weighted by Crippen LogP contribution is -1.98. The molecule has 2 aliphatic rings. The van der Waals surface area contributed by atoms with Crippen molar-refractivity contribution in [2.75, 3.05) is 0 Å². The number of fused-ring (bicyclic) bond motifs is 1. The van der Waals surface area contributed by atoms with E-state index in [1.807, 2.05) is 0 Å². The third kappa shape index (κ3) is 6.95. The maximum atomic E-state index is 2.50. The molecule has 2 aliphatic carbocycles. The van der Waals surface area contributed by atoms with Gasteiger partial charge in [0, 0.05) is 0 Å². The third-order valence-electron chi connectivity index (χ3n) is 5.45. The van der Waals surface area contributed by atoms with Crippen LogP contribution in [0.1, 0.15) is 96.8 Å². The fourth-order valence-corrected chi connectivity index (χ4v) is 3.95. The van der Waals surface area contributed by atoms with Gasteiger partial charge < -0.3 is 0 Å². The largest absolute Gasteiger partial charge is 0.0885 e. The first kappa shape index (κ1) is 16.1. The highest BCUT2D eigenvalue weighted by atomic mass is 14.4. The molecule has 0 heteroatoms. The zero-order valence-corrected chi connectivity index (χ0v) is 13.8. The molecule has 3 unspecified atom stereocenters. The van der Waals surface area contributed by atoms with Gasteiger partial charge in [0.2, 0.25) is 0 Å². The molecular formula is C20H36. The second-order valence-electron chi connectivity index (χ2n) is 7.55. The van der Waals surface area contributed by atoms with E-state index >= 15 is 0 Å². The smallest absolute Gasteiger partial charge is 0.0351 e. The highest BCUT2D eigenvalue weighted by molar-refractivity contribution is 4.87. The second-order valence-corrected chi connectivity index (χ2v) is 7.55. The molecule has 1 saturated carbocycles. The summed E-state index contributed by atoms with van der Waals surface area (Å²) in [5.74, 6) is 3.21. The van der Waals surface area contributed by atoms with E-state index in [1.54, 1.807) is 6.42 Å². The Bertz CT molecular complexity index is 265. The van der Waals surface area contributed by atoms with Gasteiger partial charge in [0.15, 0.2) is 0 Å². The number of rotatable bonds is 0. The first-order valence-corrected chi connectivity index (χ1v) is 9.51. The van der Waals surface area contributed by atoms with E-state index in [9.17, 15) is 0 Å². The van der Waals surface area contributed by atoms with E-state index in [0.29, 0.717) is 0 Å². The van der Waals surface area contributed by atoms with Gasteiger partial charge in [0.25, 0.3) is 0 Å². The lowest BCUT2D eigenvalue weighted by atomic mass is 9.95. The summed E-state index contributed by atoms with van der Waals surface area (Å²) in [5, 5.41) is 0. The molecule has 0 amide bonds. The van der Waals surface area contributed by atoms with Crippen LogP contribution in [0.5, 0.6) is 0 Å². The summed E-state index contributed by atoms with van der Waals surface area (Å²) in [6, 6.07) is 0. The normalized spacial score (nSPS) is 36.4. The molecule has 0 nitrogen and oxygen atoms in total. The first-order chi connectivity index (χ1) is 9.86. The van der Waals surface area contributed by atoms with Crippen LogP contribution in [0.15, 0.2) is 12.2 Å². The lowest BCUT2D eigenvalue weighted by Gasteiger charge is -2.11. The lowest BCUT2D eigenvalue weighted by molar-refractivity contribution is 0.417. The van der Waals surface area contributed by atoms with Crippen LogP contribution in [0, 0.1) is 17.8 Å². The van der Waals surface area contributed by atoms with E-state index < -0.39 is 0 Å². The van der Waals surface area contributed by atoms with Crippen LogP contribution < -0.4 is 0 Å². The van der Waals surface area contributed by atoms with Crippen LogP contribution in [0.4, 0.5) is 0 Å². The predicted molar refractivity (Wildman–Crippen MR) is 89.9 cm³/mol. The Kier molecular flexibility index (Phi) is 7.76. The minimum absolute atomic E-state index is 0.992. The Balaban J connectivity index is 1.65. The van der Waals surface area contributed by atoms with Gasteiger partial charge in [-0.2, -0.15) is 0 Å². The molecule has 0 bridgehead atoms. The second kappa shape index (κ2) is 9.64. The molecule has 0 aliphatic heterocycles. The summed E-state index contributed by atoms with van der Waals surface area (Å²) in [6.07, 6.45) is 25.3. The SMILES string of the molecule is CC1CCCCCCCC/C=C/CCCCC2CC2C1. The van der Waals surface area contributed by atoms with Crippen LogP contribution in [0.25, 0.3) is 0 Å². The zero-order valence-electron chi connectivity index (χ0n) is 13.8. The summed E-state index contributed by atoms with van der Waals surface area (Å²) in [4.78, 5) is 0. The van der Waals surface area contributed by atoms with E-state index in [2.05, 4.69) is 19.1 Å². The van der Waals surface area contributed by atoms with E-state index in [4.69, 9.17) is 0 Å². The summed E-state index contributed by atoms with van der Waals surface area (Å²) >= 11 is 0. The van der Waals surface area contributed by atoms with Gasteiger partial charge in [0.1, 0.15) is 0 Å². The molecular weight excluding hydrogens is 240 g/mol. The molecule has 0 heterocycles. The van der Waals surface area contributed by atoms with Crippen molar-refractivity contribution < 1.29 is 0 Å². The predicted octanol–water partition coefficient (Wildman–Crippen LogP) is 6.90. The minimum Gasteiger partial charge on any atom is -0.0885 e. The van der Waals surface area contributed by atoms with Gasteiger partial charge in [-0.3, -0.25) is 0 Å². The van der Waals surface area contributed by atoms with Crippen LogP contribution >= 0.6 is 0 Å². The topological polar surface area (TPSA) is 0 Å². The number of hydrogen-bond donors (Lipinski definition) is 0. The fourth-order valence-electron chi connectivity index (χ4n) is 3.95. The number of hydrogen-bond acceptors (Lipinski definition) is 0. The van der Waals surface area contributed by atoms with Crippen molar-refractivity contribution in [3.8, 4) is 0 Å². The molecule has 3 atom stereocenters. The van der Waals surface area contributed by atoms with Crippen molar-refractivity contribution in [2.45, 2.75) is 96.8 Å². The van der Waals surface area contributed by atoms with Gasteiger partial charge >= 0.3 is 0 Å². The number of allylic oxidation sites excluding steroid dienone is 2. The average Bonchev–Trinajstić information content (AvgIpc) is 3.16. The monoisotopic (exact) mass is 276 g/mol. The zero-order chi connectivity index (χ0) is 14.0. The molecule has 2 rings (SSSR count). The molecule has 0 aromatic rings. The van der Waals surface area contributed by atoms with E-state index in [1.165, 1.54) is 83.5 Å². The van der Waals surface area contributed by atoms with E-state index in [-0.39, 0.29) is 0 Å². The highest BCUT2D eigenvalue weighted by Gasteiger charge is 2.36. The fraction of sp³-hybridized carbons (Fsp3) is 0.900. The van der Waals surface area contributed by atoms with Crippen LogP contribution in [-0.4, -0.2) is 0 Å². The quantitative estimate of drug-likeness (QED) is 0.422. The Labute approximate surface area is 127 Å². The molecule has 20 heavy (non-hydrogen) atoms. The molecule has 1 fully saturated rings. The Morgan fingerprint density at radius 1 is 0.600 bits per heavy atom. The van der Waals surface area contributed by atoms with Crippen molar-refractivity contribution in [1.82, 2.24) is 0 Å². The van der Waals surface area contributed by atoms with Crippen LogP contribution in [-0.2, 0) is 0 Å². The average molecular weight is 277 g/mol. The molecule has 0 radical (unpaired) electrons.